The Hall–Kier alpha value is -1.67. The highest BCUT2D eigenvalue weighted by Crippen LogP contribution is 2.24. The van der Waals surface area contributed by atoms with E-state index in [1.807, 2.05) is 13.1 Å². The molecular weight excluding hydrogens is 220 g/mol. The molecule has 0 atom stereocenters. The maximum absolute atomic E-state index is 4.37. The molecule has 0 radical (unpaired) electrons. The lowest BCUT2D eigenvalue weighted by Gasteiger charge is -2.09. The molecule has 0 aliphatic heterocycles. The quantitative estimate of drug-likeness (QED) is 0.885. The van der Waals surface area contributed by atoms with Crippen LogP contribution in [0.5, 0.6) is 0 Å². The Morgan fingerprint density at radius 3 is 2.61 bits per heavy atom. The summed E-state index contributed by atoms with van der Waals surface area (Å²) in [7, 11) is 0. The van der Waals surface area contributed by atoms with Crippen LogP contribution in [0.3, 0.4) is 0 Å². The molecule has 1 N–H and O–H groups in total. The standard InChI is InChI=1S/C16H20N2/c1-4-17-10-14-7-5-12(2)16(9-14)15-8-6-13(3)18-11-15/h5-9,11,17H,4,10H2,1-3H3. The lowest BCUT2D eigenvalue weighted by molar-refractivity contribution is 0.727. The van der Waals surface area contributed by atoms with Crippen molar-refractivity contribution in [3.05, 3.63) is 53.3 Å². The number of aromatic nitrogens is 1. The van der Waals surface area contributed by atoms with Gasteiger partial charge in [-0.25, -0.2) is 0 Å². The van der Waals surface area contributed by atoms with E-state index in [0.29, 0.717) is 0 Å². The maximum atomic E-state index is 4.37. The van der Waals surface area contributed by atoms with Gasteiger partial charge in [-0.05, 0) is 49.2 Å². The second-order valence-corrected chi connectivity index (χ2v) is 4.62. The van der Waals surface area contributed by atoms with Crippen molar-refractivity contribution in [1.29, 1.82) is 0 Å². The summed E-state index contributed by atoms with van der Waals surface area (Å²) in [6, 6.07) is 10.8. The van der Waals surface area contributed by atoms with Crippen LogP contribution in [0.4, 0.5) is 0 Å². The number of hydrogen-bond acceptors (Lipinski definition) is 2. The van der Waals surface area contributed by atoms with Crippen molar-refractivity contribution in [1.82, 2.24) is 10.3 Å². The van der Waals surface area contributed by atoms with Gasteiger partial charge >= 0.3 is 0 Å². The van der Waals surface area contributed by atoms with Crippen molar-refractivity contribution < 1.29 is 0 Å². The average Bonchev–Trinajstić information content (AvgIpc) is 2.39. The molecule has 0 saturated heterocycles. The number of benzene rings is 1. The summed E-state index contributed by atoms with van der Waals surface area (Å²) in [5.74, 6) is 0. The van der Waals surface area contributed by atoms with Crippen LogP contribution < -0.4 is 5.32 Å². The second kappa shape index (κ2) is 5.78. The Morgan fingerprint density at radius 2 is 1.94 bits per heavy atom. The van der Waals surface area contributed by atoms with Gasteiger partial charge < -0.3 is 5.32 Å². The number of nitrogens with zero attached hydrogens (tertiary/aromatic N) is 1. The van der Waals surface area contributed by atoms with Crippen molar-refractivity contribution in [2.75, 3.05) is 6.54 Å². The van der Waals surface area contributed by atoms with Gasteiger partial charge in [-0.15, -0.1) is 0 Å². The van der Waals surface area contributed by atoms with Crippen molar-refractivity contribution in [3.8, 4) is 11.1 Å². The smallest absolute Gasteiger partial charge is 0.0373 e. The first-order valence-corrected chi connectivity index (χ1v) is 6.44. The number of aryl methyl sites for hydroxylation is 2. The fourth-order valence-electron chi connectivity index (χ4n) is 1.99. The summed E-state index contributed by atoms with van der Waals surface area (Å²) in [6.07, 6.45) is 1.95. The molecule has 0 amide bonds. The van der Waals surface area contributed by atoms with E-state index in [1.165, 1.54) is 22.3 Å². The Kier molecular flexibility index (Phi) is 4.11. The van der Waals surface area contributed by atoms with Crippen molar-refractivity contribution in [3.63, 3.8) is 0 Å². The highest BCUT2D eigenvalue weighted by molar-refractivity contribution is 5.67. The van der Waals surface area contributed by atoms with Crippen LogP contribution in [0.15, 0.2) is 36.5 Å². The zero-order valence-corrected chi connectivity index (χ0v) is 11.3. The predicted molar refractivity (Wildman–Crippen MR) is 76.5 cm³/mol. The van der Waals surface area contributed by atoms with Crippen molar-refractivity contribution >= 4 is 0 Å². The molecule has 1 aromatic carbocycles. The number of nitrogens with one attached hydrogen (secondary N) is 1. The molecule has 1 aromatic heterocycles. The van der Waals surface area contributed by atoms with Crippen LogP contribution in [0.25, 0.3) is 11.1 Å². The van der Waals surface area contributed by atoms with Gasteiger partial charge in [-0.1, -0.05) is 25.1 Å². The van der Waals surface area contributed by atoms with Gasteiger partial charge in [0.1, 0.15) is 0 Å². The Morgan fingerprint density at radius 1 is 1.11 bits per heavy atom. The molecule has 0 saturated carbocycles. The van der Waals surface area contributed by atoms with E-state index in [-0.39, 0.29) is 0 Å². The zero-order chi connectivity index (χ0) is 13.0. The summed E-state index contributed by atoms with van der Waals surface area (Å²) < 4.78 is 0. The molecule has 0 aliphatic carbocycles. The molecule has 2 heteroatoms. The number of hydrogen-bond donors (Lipinski definition) is 1. The van der Waals surface area contributed by atoms with Crippen LogP contribution in [0.1, 0.15) is 23.7 Å². The van der Waals surface area contributed by atoms with E-state index >= 15 is 0 Å². The van der Waals surface area contributed by atoms with Crippen molar-refractivity contribution in [2.24, 2.45) is 0 Å². The lowest BCUT2D eigenvalue weighted by Crippen LogP contribution is -2.11. The first kappa shape index (κ1) is 12.8. The highest BCUT2D eigenvalue weighted by atomic mass is 14.8. The van der Waals surface area contributed by atoms with Gasteiger partial charge in [0.15, 0.2) is 0 Å². The number of pyridine rings is 1. The normalized spacial score (nSPS) is 10.6. The first-order valence-electron chi connectivity index (χ1n) is 6.44. The molecule has 18 heavy (non-hydrogen) atoms. The summed E-state index contributed by atoms with van der Waals surface area (Å²) in [4.78, 5) is 4.37. The molecule has 0 unspecified atom stereocenters. The lowest BCUT2D eigenvalue weighted by atomic mass is 9.99. The van der Waals surface area contributed by atoms with E-state index in [0.717, 1.165) is 18.8 Å². The molecule has 94 valence electrons. The van der Waals surface area contributed by atoms with Gasteiger partial charge in [-0.3, -0.25) is 4.98 Å². The predicted octanol–water partition coefficient (Wildman–Crippen LogP) is 3.47. The Bertz CT molecular complexity index is 515. The molecule has 2 aromatic rings. The fourth-order valence-corrected chi connectivity index (χ4v) is 1.99. The second-order valence-electron chi connectivity index (χ2n) is 4.62. The monoisotopic (exact) mass is 240 g/mol. The summed E-state index contributed by atoms with van der Waals surface area (Å²) in [6.45, 7) is 8.20. The third-order valence-corrected chi connectivity index (χ3v) is 3.10. The molecular formula is C16H20N2. The van der Waals surface area contributed by atoms with Gasteiger partial charge in [-0.2, -0.15) is 0 Å². The topological polar surface area (TPSA) is 24.9 Å². The van der Waals surface area contributed by atoms with Crippen LogP contribution in [-0.2, 0) is 6.54 Å². The van der Waals surface area contributed by atoms with Gasteiger partial charge in [0.05, 0.1) is 0 Å². The maximum Gasteiger partial charge on any atom is 0.0373 e. The number of rotatable bonds is 4. The van der Waals surface area contributed by atoms with Crippen LogP contribution >= 0.6 is 0 Å². The zero-order valence-electron chi connectivity index (χ0n) is 11.3. The summed E-state index contributed by atoms with van der Waals surface area (Å²) in [5.41, 5.74) is 6.13. The van der Waals surface area contributed by atoms with Gasteiger partial charge in [0.25, 0.3) is 0 Å². The van der Waals surface area contributed by atoms with Gasteiger partial charge in [0, 0.05) is 24.0 Å². The average molecular weight is 240 g/mol. The molecule has 1 heterocycles. The Balaban J connectivity index is 2.33. The molecule has 2 rings (SSSR count). The summed E-state index contributed by atoms with van der Waals surface area (Å²) in [5, 5.41) is 3.36. The third kappa shape index (κ3) is 2.96. The van der Waals surface area contributed by atoms with Crippen LogP contribution in [0.2, 0.25) is 0 Å². The van der Waals surface area contributed by atoms with E-state index in [9.17, 15) is 0 Å². The minimum atomic E-state index is 0.920. The van der Waals surface area contributed by atoms with Crippen molar-refractivity contribution in [2.45, 2.75) is 27.3 Å². The third-order valence-electron chi connectivity index (χ3n) is 3.10. The molecule has 0 spiro atoms. The van der Waals surface area contributed by atoms with E-state index < -0.39 is 0 Å². The minimum Gasteiger partial charge on any atom is -0.313 e. The summed E-state index contributed by atoms with van der Waals surface area (Å²) >= 11 is 0. The van der Waals surface area contributed by atoms with E-state index in [2.05, 4.69) is 54.5 Å². The minimum absolute atomic E-state index is 0.920. The van der Waals surface area contributed by atoms with Crippen LogP contribution in [-0.4, -0.2) is 11.5 Å². The van der Waals surface area contributed by atoms with Crippen LogP contribution in [0, 0.1) is 13.8 Å². The molecule has 0 fully saturated rings. The SMILES string of the molecule is CCNCc1ccc(C)c(-c2ccc(C)nc2)c1. The molecule has 2 nitrogen and oxygen atoms in total. The highest BCUT2D eigenvalue weighted by Gasteiger charge is 2.03. The molecule has 0 aliphatic rings. The van der Waals surface area contributed by atoms with E-state index in [4.69, 9.17) is 0 Å². The first-order chi connectivity index (χ1) is 8.70. The fraction of sp³-hybridized carbons (Fsp3) is 0.312. The van der Waals surface area contributed by atoms with E-state index in [1.54, 1.807) is 0 Å². The Labute approximate surface area is 109 Å². The van der Waals surface area contributed by atoms with Gasteiger partial charge in [0.2, 0.25) is 0 Å². The largest absolute Gasteiger partial charge is 0.313 e. The molecule has 0 bridgehead atoms.